The van der Waals surface area contributed by atoms with Crippen LogP contribution < -0.4 is 0 Å². The van der Waals surface area contributed by atoms with Crippen molar-refractivity contribution in [2.45, 2.75) is 12.8 Å². The Morgan fingerprint density at radius 1 is 0.941 bits per heavy atom. The maximum atomic E-state index is 6.92. The smallest absolute Gasteiger partial charge is 0.187 e. The zero-order chi connectivity index (χ0) is 12.3. The third kappa shape index (κ3) is 2.67. The van der Waals surface area contributed by atoms with E-state index < -0.39 is 0 Å². The fourth-order valence-electron chi connectivity index (χ4n) is 1.78. The van der Waals surface area contributed by atoms with E-state index in [1.165, 1.54) is 11.1 Å². The fraction of sp³-hybridized carbons (Fsp3) is 0.133. The molecule has 1 nitrogen and oxygen atoms in total. The Balaban J connectivity index is 2.27. The highest BCUT2D eigenvalue weighted by Gasteiger charge is 2.07. The number of rotatable bonds is 2. The van der Waals surface area contributed by atoms with Crippen LogP contribution >= 0.6 is 11.6 Å². The number of hydrogen-bond donors (Lipinski definition) is 0. The average Bonchev–Trinajstić information content (AvgIpc) is 2.39. The molecule has 0 spiro atoms. The van der Waals surface area contributed by atoms with Gasteiger partial charge in [-0.2, -0.15) is 0 Å². The summed E-state index contributed by atoms with van der Waals surface area (Å²) in [7, 11) is 0. The molecule has 0 fully saturated rings. The molecular weight excluding hydrogens is 230 g/mol. The summed E-state index contributed by atoms with van der Waals surface area (Å²) in [6.07, 6.45) is 0. The molecule has 0 aliphatic heterocycles. The van der Waals surface area contributed by atoms with Crippen molar-refractivity contribution in [1.29, 1.82) is 0 Å². The molecule has 84 valence electrons. The monoisotopic (exact) mass is 241 g/mol. The molecular formula is C15H12ClN. The normalized spacial score (nSPS) is 11.8. The van der Waals surface area contributed by atoms with Crippen molar-refractivity contribution < 1.29 is 0 Å². The summed E-state index contributed by atoms with van der Waals surface area (Å²) in [5.74, 6) is 0.312. The van der Waals surface area contributed by atoms with E-state index in [1.54, 1.807) is 0 Å². The molecule has 0 aromatic heterocycles. The van der Waals surface area contributed by atoms with Gasteiger partial charge in [0.05, 0.1) is 6.57 Å². The van der Waals surface area contributed by atoms with Gasteiger partial charge in [0.25, 0.3) is 0 Å². The second-order valence-corrected chi connectivity index (χ2v) is 4.41. The number of nitrogens with zero attached hydrogens (tertiary/aromatic N) is 1. The van der Waals surface area contributed by atoms with Crippen LogP contribution in [0.1, 0.15) is 24.0 Å². The maximum Gasteiger partial charge on any atom is 0.187 e. The van der Waals surface area contributed by atoms with Crippen LogP contribution in [0.4, 0.5) is 5.69 Å². The van der Waals surface area contributed by atoms with Gasteiger partial charge in [-0.1, -0.05) is 54.9 Å². The van der Waals surface area contributed by atoms with Gasteiger partial charge < -0.3 is 0 Å². The highest BCUT2D eigenvalue weighted by molar-refractivity contribution is 6.30. The van der Waals surface area contributed by atoms with Crippen molar-refractivity contribution >= 4 is 17.3 Å². The van der Waals surface area contributed by atoms with E-state index in [2.05, 4.69) is 11.8 Å². The Morgan fingerprint density at radius 2 is 1.41 bits per heavy atom. The van der Waals surface area contributed by atoms with Crippen LogP contribution in [-0.4, -0.2) is 0 Å². The van der Waals surface area contributed by atoms with E-state index in [0.717, 1.165) is 5.02 Å². The first-order valence-corrected chi connectivity index (χ1v) is 5.81. The van der Waals surface area contributed by atoms with Gasteiger partial charge >= 0.3 is 0 Å². The summed E-state index contributed by atoms with van der Waals surface area (Å²) in [6.45, 7) is 9.07. The summed E-state index contributed by atoms with van der Waals surface area (Å²) in [5.41, 5.74) is 3.11. The first-order valence-electron chi connectivity index (χ1n) is 5.43. The molecule has 17 heavy (non-hydrogen) atoms. The van der Waals surface area contributed by atoms with Crippen LogP contribution in [0, 0.1) is 6.57 Å². The lowest BCUT2D eigenvalue weighted by molar-refractivity contribution is 0.923. The summed E-state index contributed by atoms with van der Waals surface area (Å²) >= 11 is 5.87. The third-order valence-corrected chi connectivity index (χ3v) is 3.14. The van der Waals surface area contributed by atoms with Gasteiger partial charge in [0.15, 0.2) is 5.69 Å². The largest absolute Gasteiger partial charge is 0.238 e. The predicted molar refractivity (Wildman–Crippen MR) is 71.7 cm³/mol. The Morgan fingerprint density at radius 3 is 1.88 bits per heavy atom. The van der Waals surface area contributed by atoms with E-state index in [-0.39, 0.29) is 0 Å². The first kappa shape index (κ1) is 11.7. The lowest BCUT2D eigenvalue weighted by Crippen LogP contribution is -1.94. The SMILES string of the molecule is [C-]#[N+]c1ccc([C@@H](C)c2ccc(Cl)cc2)cc1. The quantitative estimate of drug-likeness (QED) is 0.649. The van der Waals surface area contributed by atoms with Gasteiger partial charge in [-0.25, -0.2) is 4.85 Å². The standard InChI is InChI=1S/C15H12ClN/c1-11(12-3-7-14(16)8-4-12)13-5-9-15(17-2)10-6-13/h3-11H,1H3/t11-/m0/s1. The van der Waals surface area contributed by atoms with Crippen LogP contribution in [0.25, 0.3) is 4.85 Å². The molecule has 0 heterocycles. The molecule has 0 saturated carbocycles. The van der Waals surface area contributed by atoms with Crippen molar-refractivity contribution in [3.63, 3.8) is 0 Å². The van der Waals surface area contributed by atoms with E-state index in [9.17, 15) is 0 Å². The zero-order valence-electron chi connectivity index (χ0n) is 9.52. The molecule has 0 aliphatic rings. The highest BCUT2D eigenvalue weighted by atomic mass is 35.5. The lowest BCUT2D eigenvalue weighted by Gasteiger charge is -2.12. The van der Waals surface area contributed by atoms with E-state index in [1.807, 2.05) is 48.5 Å². The van der Waals surface area contributed by atoms with Crippen molar-refractivity contribution in [3.05, 3.63) is 76.1 Å². The summed E-state index contributed by atoms with van der Waals surface area (Å²) in [5, 5.41) is 0.754. The molecule has 2 aromatic rings. The summed E-state index contributed by atoms with van der Waals surface area (Å²) in [4.78, 5) is 3.39. The van der Waals surface area contributed by atoms with Gasteiger partial charge in [-0.05, 0) is 23.3 Å². The first-order chi connectivity index (χ1) is 8.20. The molecule has 0 unspecified atom stereocenters. The molecule has 0 bridgehead atoms. The van der Waals surface area contributed by atoms with E-state index in [4.69, 9.17) is 18.2 Å². The minimum absolute atomic E-state index is 0.312. The Hall–Kier alpha value is -1.78. The molecule has 2 heteroatoms. The summed E-state index contributed by atoms with van der Waals surface area (Å²) < 4.78 is 0. The van der Waals surface area contributed by atoms with Crippen LogP contribution in [0.3, 0.4) is 0 Å². The Bertz CT molecular complexity index is 535. The fourth-order valence-corrected chi connectivity index (χ4v) is 1.91. The molecule has 2 aromatic carbocycles. The Labute approximate surface area is 106 Å². The number of benzene rings is 2. The van der Waals surface area contributed by atoms with Gasteiger partial charge in [0, 0.05) is 10.9 Å². The van der Waals surface area contributed by atoms with Gasteiger partial charge in [0.1, 0.15) is 0 Å². The molecule has 0 N–H and O–H groups in total. The molecule has 0 aliphatic carbocycles. The van der Waals surface area contributed by atoms with E-state index in [0.29, 0.717) is 11.6 Å². The topological polar surface area (TPSA) is 4.36 Å². The van der Waals surface area contributed by atoms with Crippen molar-refractivity contribution in [2.75, 3.05) is 0 Å². The van der Waals surface area contributed by atoms with Crippen LogP contribution in [-0.2, 0) is 0 Å². The second kappa shape index (κ2) is 5.03. The van der Waals surface area contributed by atoms with Crippen LogP contribution in [0.5, 0.6) is 0 Å². The minimum atomic E-state index is 0.312. The molecule has 1 atom stereocenters. The highest BCUT2D eigenvalue weighted by Crippen LogP contribution is 2.26. The zero-order valence-corrected chi connectivity index (χ0v) is 10.3. The van der Waals surface area contributed by atoms with Crippen molar-refractivity contribution in [2.24, 2.45) is 0 Å². The summed E-state index contributed by atoms with van der Waals surface area (Å²) in [6, 6.07) is 15.6. The average molecular weight is 242 g/mol. The van der Waals surface area contributed by atoms with Crippen LogP contribution in [0.2, 0.25) is 5.02 Å². The number of hydrogen-bond acceptors (Lipinski definition) is 0. The Kier molecular flexibility index (Phi) is 3.46. The molecule has 0 saturated heterocycles. The molecule has 0 amide bonds. The predicted octanol–water partition coefficient (Wildman–Crippen LogP) is 5.04. The van der Waals surface area contributed by atoms with Gasteiger partial charge in [-0.15, -0.1) is 0 Å². The maximum absolute atomic E-state index is 6.92. The second-order valence-electron chi connectivity index (χ2n) is 3.98. The molecule has 2 rings (SSSR count). The van der Waals surface area contributed by atoms with Crippen molar-refractivity contribution in [3.8, 4) is 0 Å². The molecule has 0 radical (unpaired) electrons. The third-order valence-electron chi connectivity index (χ3n) is 2.89. The van der Waals surface area contributed by atoms with Crippen molar-refractivity contribution in [1.82, 2.24) is 0 Å². The minimum Gasteiger partial charge on any atom is -0.238 e. The number of halogens is 1. The lowest BCUT2D eigenvalue weighted by atomic mass is 9.93. The van der Waals surface area contributed by atoms with Crippen LogP contribution in [0.15, 0.2) is 48.5 Å². The van der Waals surface area contributed by atoms with Gasteiger partial charge in [-0.3, -0.25) is 0 Å². The van der Waals surface area contributed by atoms with Gasteiger partial charge in [0.2, 0.25) is 0 Å². The van der Waals surface area contributed by atoms with E-state index >= 15 is 0 Å².